The summed E-state index contributed by atoms with van der Waals surface area (Å²) in [5, 5.41) is 2.99. The van der Waals surface area contributed by atoms with Crippen LogP contribution in [0.5, 0.6) is 0 Å². The molecule has 4 rings (SSSR count). The van der Waals surface area contributed by atoms with E-state index in [1.54, 1.807) is 13.0 Å². The maximum atomic E-state index is 12.7. The summed E-state index contributed by atoms with van der Waals surface area (Å²) in [4.78, 5) is 19.9. The molecule has 6 heteroatoms. The van der Waals surface area contributed by atoms with Gasteiger partial charge in [-0.3, -0.25) is 10.1 Å². The van der Waals surface area contributed by atoms with Gasteiger partial charge in [0.25, 0.3) is 5.91 Å². The summed E-state index contributed by atoms with van der Waals surface area (Å²) < 4.78 is 7.61. The minimum Gasteiger partial charge on any atom is -0.466 e. The van der Waals surface area contributed by atoms with Crippen molar-refractivity contribution in [3.63, 3.8) is 0 Å². The number of rotatable bonds is 5. The second-order valence-corrected chi connectivity index (χ2v) is 7.26. The first-order valence-electron chi connectivity index (χ1n) is 9.68. The normalized spacial score (nSPS) is 15.3. The molecule has 3 heterocycles. The van der Waals surface area contributed by atoms with Gasteiger partial charge in [0.2, 0.25) is 5.95 Å². The Morgan fingerprint density at radius 2 is 1.93 bits per heavy atom. The molecule has 1 aliphatic rings. The van der Waals surface area contributed by atoms with Gasteiger partial charge in [-0.25, -0.2) is 4.98 Å². The highest BCUT2D eigenvalue weighted by molar-refractivity contribution is 6.04. The fourth-order valence-corrected chi connectivity index (χ4v) is 3.85. The lowest BCUT2D eigenvalue weighted by Gasteiger charge is -2.26. The monoisotopic (exact) mass is 366 g/mol. The summed E-state index contributed by atoms with van der Waals surface area (Å²) in [6.07, 6.45) is 3.87. The molecule has 1 N–H and O–H groups in total. The number of likely N-dealkylation sites (tertiary alicyclic amines) is 1. The van der Waals surface area contributed by atoms with E-state index in [9.17, 15) is 4.79 Å². The molecule has 1 fully saturated rings. The van der Waals surface area contributed by atoms with Crippen molar-refractivity contribution in [3.8, 4) is 0 Å². The average molecular weight is 366 g/mol. The average Bonchev–Trinajstić information content (AvgIpc) is 3.19. The third kappa shape index (κ3) is 3.76. The van der Waals surface area contributed by atoms with Crippen LogP contribution in [0.2, 0.25) is 0 Å². The summed E-state index contributed by atoms with van der Waals surface area (Å²) in [5.41, 5.74) is 2.50. The predicted octanol–water partition coefficient (Wildman–Crippen LogP) is 3.98. The van der Waals surface area contributed by atoms with Crippen molar-refractivity contribution in [3.05, 3.63) is 47.4 Å². The van der Waals surface area contributed by atoms with Crippen LogP contribution < -0.4 is 5.32 Å². The number of para-hydroxylation sites is 2. The van der Waals surface area contributed by atoms with Crippen LogP contribution in [0.25, 0.3) is 11.0 Å². The quantitative estimate of drug-likeness (QED) is 0.742. The molecule has 6 nitrogen and oxygen atoms in total. The zero-order valence-electron chi connectivity index (χ0n) is 16.0. The lowest BCUT2D eigenvalue weighted by molar-refractivity contribution is 0.102. The number of carbonyl (C=O) groups excluding carboxylic acids is 1. The highest BCUT2D eigenvalue weighted by Crippen LogP contribution is 2.22. The molecule has 1 aromatic carbocycles. The molecule has 0 unspecified atom stereocenters. The van der Waals surface area contributed by atoms with Crippen molar-refractivity contribution in [2.45, 2.75) is 39.7 Å². The Labute approximate surface area is 159 Å². The Balaban J connectivity index is 1.59. The van der Waals surface area contributed by atoms with E-state index in [-0.39, 0.29) is 5.91 Å². The summed E-state index contributed by atoms with van der Waals surface area (Å²) in [6.45, 7) is 7.73. The number of hydrogen-bond acceptors (Lipinski definition) is 4. The van der Waals surface area contributed by atoms with Crippen LogP contribution >= 0.6 is 0 Å². The summed E-state index contributed by atoms with van der Waals surface area (Å²) in [7, 11) is 0. The lowest BCUT2D eigenvalue weighted by atomic mass is 10.1. The fraction of sp³-hybridized carbons (Fsp3) is 0.429. The molecule has 0 aliphatic carbocycles. The first kappa shape index (κ1) is 17.8. The number of amides is 1. The largest absolute Gasteiger partial charge is 0.466 e. The molecule has 27 heavy (non-hydrogen) atoms. The number of aryl methyl sites for hydroxylation is 2. The third-order valence-corrected chi connectivity index (χ3v) is 5.25. The fourth-order valence-electron chi connectivity index (χ4n) is 3.85. The van der Waals surface area contributed by atoms with Gasteiger partial charge in [0, 0.05) is 13.1 Å². The molecule has 2 aromatic heterocycles. The van der Waals surface area contributed by atoms with Gasteiger partial charge in [0.15, 0.2) is 0 Å². The Kier molecular flexibility index (Phi) is 4.99. The minimum absolute atomic E-state index is 0.182. The molecular weight excluding hydrogens is 340 g/mol. The van der Waals surface area contributed by atoms with Gasteiger partial charge in [-0.05, 0) is 58.0 Å². The van der Waals surface area contributed by atoms with E-state index in [0.29, 0.717) is 17.3 Å². The van der Waals surface area contributed by atoms with Crippen molar-refractivity contribution in [1.29, 1.82) is 0 Å². The molecular formula is C21H26N4O2. The van der Waals surface area contributed by atoms with Gasteiger partial charge in [-0.1, -0.05) is 18.6 Å². The zero-order chi connectivity index (χ0) is 18.8. The molecule has 3 aromatic rings. The number of furan rings is 1. The van der Waals surface area contributed by atoms with E-state index in [1.807, 2.05) is 25.1 Å². The van der Waals surface area contributed by atoms with Gasteiger partial charge >= 0.3 is 0 Å². The molecule has 0 spiro atoms. The smallest absolute Gasteiger partial charge is 0.261 e. The second-order valence-electron chi connectivity index (χ2n) is 7.26. The van der Waals surface area contributed by atoms with Crippen molar-refractivity contribution >= 4 is 22.9 Å². The summed E-state index contributed by atoms with van der Waals surface area (Å²) in [6, 6.07) is 9.79. The number of nitrogens with zero attached hydrogens (tertiary/aromatic N) is 3. The van der Waals surface area contributed by atoms with Crippen molar-refractivity contribution in [1.82, 2.24) is 14.5 Å². The SMILES string of the molecule is Cc1cc(C(=O)Nc2nc3ccccc3n2CCN2CCCCC2)c(C)o1. The predicted molar refractivity (Wildman–Crippen MR) is 106 cm³/mol. The van der Waals surface area contributed by atoms with Gasteiger partial charge in [-0.15, -0.1) is 0 Å². The first-order valence-corrected chi connectivity index (χ1v) is 9.68. The van der Waals surface area contributed by atoms with Gasteiger partial charge in [0.05, 0.1) is 16.6 Å². The van der Waals surface area contributed by atoms with E-state index in [2.05, 4.69) is 25.8 Å². The van der Waals surface area contributed by atoms with Crippen LogP contribution in [0.4, 0.5) is 5.95 Å². The number of aromatic nitrogens is 2. The third-order valence-electron chi connectivity index (χ3n) is 5.25. The maximum absolute atomic E-state index is 12.7. The van der Waals surface area contributed by atoms with Crippen molar-refractivity contribution < 1.29 is 9.21 Å². The maximum Gasteiger partial charge on any atom is 0.261 e. The Bertz CT molecular complexity index is 950. The van der Waals surface area contributed by atoms with E-state index >= 15 is 0 Å². The molecule has 0 saturated carbocycles. The van der Waals surface area contributed by atoms with E-state index in [1.165, 1.54) is 19.3 Å². The number of piperidine rings is 1. The zero-order valence-corrected chi connectivity index (χ0v) is 16.0. The van der Waals surface area contributed by atoms with Crippen molar-refractivity contribution in [2.24, 2.45) is 0 Å². The first-order chi connectivity index (χ1) is 13.1. The van der Waals surface area contributed by atoms with Gasteiger partial charge in [0.1, 0.15) is 11.5 Å². The Morgan fingerprint density at radius 1 is 1.15 bits per heavy atom. The second kappa shape index (κ2) is 7.56. The molecule has 1 amide bonds. The van der Waals surface area contributed by atoms with Crippen LogP contribution in [0.15, 0.2) is 34.7 Å². The molecule has 142 valence electrons. The number of carbonyl (C=O) groups is 1. The molecule has 0 bridgehead atoms. The van der Waals surface area contributed by atoms with E-state index < -0.39 is 0 Å². The van der Waals surface area contributed by atoms with E-state index in [0.717, 1.165) is 43.0 Å². The lowest BCUT2D eigenvalue weighted by Crippen LogP contribution is -2.32. The van der Waals surface area contributed by atoms with Crippen LogP contribution in [-0.2, 0) is 6.54 Å². The highest BCUT2D eigenvalue weighted by atomic mass is 16.3. The van der Waals surface area contributed by atoms with E-state index in [4.69, 9.17) is 4.42 Å². The van der Waals surface area contributed by atoms with Crippen LogP contribution in [0.3, 0.4) is 0 Å². The molecule has 0 radical (unpaired) electrons. The topological polar surface area (TPSA) is 63.3 Å². The summed E-state index contributed by atoms with van der Waals surface area (Å²) in [5.74, 6) is 1.77. The van der Waals surface area contributed by atoms with Crippen LogP contribution in [0.1, 0.15) is 41.1 Å². The molecule has 0 atom stereocenters. The number of nitrogens with one attached hydrogen (secondary N) is 1. The minimum atomic E-state index is -0.182. The van der Waals surface area contributed by atoms with Crippen LogP contribution in [0, 0.1) is 13.8 Å². The van der Waals surface area contributed by atoms with Crippen molar-refractivity contribution in [2.75, 3.05) is 25.0 Å². The highest BCUT2D eigenvalue weighted by Gasteiger charge is 2.19. The number of benzene rings is 1. The van der Waals surface area contributed by atoms with Crippen LogP contribution in [-0.4, -0.2) is 40.0 Å². The number of fused-ring (bicyclic) bond motifs is 1. The standard InChI is InChI=1S/C21H26N4O2/c1-15-14-17(16(2)27-15)20(26)23-21-22-18-8-4-5-9-19(18)25(21)13-12-24-10-6-3-7-11-24/h4-5,8-9,14H,3,6-7,10-13H2,1-2H3,(H,22,23,26). The van der Waals surface area contributed by atoms with Gasteiger partial charge in [-0.2, -0.15) is 0 Å². The van der Waals surface area contributed by atoms with Gasteiger partial charge < -0.3 is 13.9 Å². The Hall–Kier alpha value is -2.60. The molecule has 1 saturated heterocycles. The number of imidazole rings is 1. The number of anilines is 1. The molecule has 1 aliphatic heterocycles. The summed E-state index contributed by atoms with van der Waals surface area (Å²) >= 11 is 0. The number of hydrogen-bond donors (Lipinski definition) is 1. The Morgan fingerprint density at radius 3 is 2.67 bits per heavy atom.